The van der Waals surface area contributed by atoms with Crippen LogP contribution in [0.1, 0.15) is 32.0 Å². The average molecular weight is 397 g/mol. The molecule has 4 heterocycles. The van der Waals surface area contributed by atoms with Gasteiger partial charge >= 0.3 is 6.03 Å². The fraction of sp³-hybridized carbons (Fsp3) is 0.526. The van der Waals surface area contributed by atoms with Crippen LogP contribution < -0.4 is 10.2 Å². The smallest absolute Gasteiger partial charge is 0.323 e. The first-order valence-corrected chi connectivity index (χ1v) is 9.97. The number of nitrogens with one attached hydrogen (secondary N) is 1. The standard InChI is InChI=1S/C19H27N9O/c1-5-13(2)28-14(3)10-16(24-28)23-19(29)27-8-6-26(7-9-27)18-15-11-22-25(4)17(15)20-12-21-18/h10-13H,5-9H2,1-4H3,(H,23,24,29). The van der Waals surface area contributed by atoms with Crippen molar-refractivity contribution in [2.24, 2.45) is 7.05 Å². The van der Waals surface area contributed by atoms with Crippen LogP contribution in [0.5, 0.6) is 0 Å². The topological polar surface area (TPSA) is 97.0 Å². The molecule has 1 aliphatic heterocycles. The summed E-state index contributed by atoms with van der Waals surface area (Å²) in [5.41, 5.74) is 1.85. The Labute approximate surface area is 169 Å². The number of aryl methyl sites for hydroxylation is 2. The molecule has 3 aromatic heterocycles. The second-order valence-electron chi connectivity index (χ2n) is 7.48. The van der Waals surface area contributed by atoms with Crippen molar-refractivity contribution >= 4 is 28.7 Å². The number of piperazine rings is 1. The van der Waals surface area contributed by atoms with Crippen LogP contribution >= 0.6 is 0 Å². The van der Waals surface area contributed by atoms with Crippen molar-refractivity contribution in [3.8, 4) is 0 Å². The maximum absolute atomic E-state index is 12.7. The molecule has 2 amide bonds. The maximum atomic E-state index is 12.7. The summed E-state index contributed by atoms with van der Waals surface area (Å²) in [6.45, 7) is 8.89. The monoisotopic (exact) mass is 397 g/mol. The van der Waals surface area contributed by atoms with Gasteiger partial charge in [0.2, 0.25) is 0 Å². The molecule has 0 aliphatic carbocycles. The first-order chi connectivity index (χ1) is 14.0. The molecule has 0 bridgehead atoms. The molecule has 3 aromatic rings. The second kappa shape index (κ2) is 7.69. The molecule has 1 atom stereocenters. The molecule has 1 N–H and O–H groups in total. The maximum Gasteiger partial charge on any atom is 0.323 e. The van der Waals surface area contributed by atoms with Crippen molar-refractivity contribution in [1.29, 1.82) is 0 Å². The third-order valence-electron chi connectivity index (χ3n) is 5.54. The van der Waals surface area contributed by atoms with Crippen LogP contribution in [0.2, 0.25) is 0 Å². The molecule has 0 radical (unpaired) electrons. The highest BCUT2D eigenvalue weighted by atomic mass is 16.2. The van der Waals surface area contributed by atoms with Gasteiger partial charge in [0.15, 0.2) is 11.5 Å². The van der Waals surface area contributed by atoms with Gasteiger partial charge in [0.25, 0.3) is 0 Å². The van der Waals surface area contributed by atoms with Gasteiger partial charge in [-0.15, -0.1) is 0 Å². The number of anilines is 2. The van der Waals surface area contributed by atoms with Gasteiger partial charge in [0.1, 0.15) is 12.1 Å². The average Bonchev–Trinajstić information content (AvgIpc) is 3.30. The lowest BCUT2D eigenvalue weighted by molar-refractivity contribution is 0.208. The summed E-state index contributed by atoms with van der Waals surface area (Å²) in [5, 5.41) is 12.7. The van der Waals surface area contributed by atoms with Crippen LogP contribution in [0.15, 0.2) is 18.6 Å². The first-order valence-electron chi connectivity index (χ1n) is 9.97. The Morgan fingerprint density at radius 2 is 2.00 bits per heavy atom. The van der Waals surface area contributed by atoms with Crippen molar-refractivity contribution in [1.82, 2.24) is 34.4 Å². The van der Waals surface area contributed by atoms with Gasteiger partial charge in [0.05, 0.1) is 11.6 Å². The third-order valence-corrected chi connectivity index (χ3v) is 5.54. The van der Waals surface area contributed by atoms with Crippen molar-refractivity contribution < 1.29 is 4.79 Å². The molecule has 1 fully saturated rings. The predicted octanol–water partition coefficient (Wildman–Crippen LogP) is 2.19. The van der Waals surface area contributed by atoms with Crippen LogP contribution in [0.3, 0.4) is 0 Å². The third kappa shape index (κ3) is 3.62. The fourth-order valence-corrected chi connectivity index (χ4v) is 3.68. The van der Waals surface area contributed by atoms with E-state index in [0.29, 0.717) is 38.0 Å². The number of fused-ring (bicyclic) bond motifs is 1. The van der Waals surface area contributed by atoms with Crippen molar-refractivity contribution in [3.63, 3.8) is 0 Å². The number of carbonyl (C=O) groups is 1. The lowest BCUT2D eigenvalue weighted by Gasteiger charge is -2.35. The van der Waals surface area contributed by atoms with E-state index in [1.165, 1.54) is 0 Å². The number of hydrogen-bond donors (Lipinski definition) is 1. The van der Waals surface area contributed by atoms with Gasteiger partial charge in [-0.3, -0.25) is 14.7 Å². The van der Waals surface area contributed by atoms with Gasteiger partial charge in [-0.25, -0.2) is 14.8 Å². The summed E-state index contributed by atoms with van der Waals surface area (Å²) >= 11 is 0. The summed E-state index contributed by atoms with van der Waals surface area (Å²) in [5.74, 6) is 1.47. The molecule has 1 aliphatic rings. The van der Waals surface area contributed by atoms with E-state index in [2.05, 4.69) is 44.2 Å². The predicted molar refractivity (Wildman–Crippen MR) is 111 cm³/mol. The van der Waals surface area contributed by atoms with Crippen molar-refractivity contribution in [2.75, 3.05) is 36.4 Å². The van der Waals surface area contributed by atoms with Crippen LogP contribution in [0, 0.1) is 6.92 Å². The minimum atomic E-state index is -0.118. The number of urea groups is 1. The van der Waals surface area contributed by atoms with Gasteiger partial charge in [0, 0.05) is 51.0 Å². The SMILES string of the molecule is CCC(C)n1nc(NC(=O)N2CCN(c3ncnc4c3cnn4C)CC2)cc1C. The molecule has 154 valence electrons. The van der Waals surface area contributed by atoms with Gasteiger partial charge in [-0.05, 0) is 20.3 Å². The van der Waals surface area contributed by atoms with Crippen molar-refractivity contribution in [3.05, 3.63) is 24.3 Å². The Bertz CT molecular complexity index is 1020. The number of rotatable bonds is 4. The summed E-state index contributed by atoms with van der Waals surface area (Å²) in [6, 6.07) is 2.11. The molecule has 0 aromatic carbocycles. The molecule has 4 rings (SSSR count). The van der Waals surface area contributed by atoms with E-state index in [9.17, 15) is 4.79 Å². The Kier molecular flexibility index (Phi) is 5.08. The molecule has 0 spiro atoms. The molecule has 10 heteroatoms. The van der Waals surface area contributed by atoms with Gasteiger partial charge in [-0.2, -0.15) is 10.2 Å². The zero-order chi connectivity index (χ0) is 20.5. The summed E-state index contributed by atoms with van der Waals surface area (Å²) in [4.78, 5) is 25.4. The van der Waals surface area contributed by atoms with E-state index in [1.54, 1.807) is 17.2 Å². The Balaban J connectivity index is 1.40. The number of amides is 2. The second-order valence-corrected chi connectivity index (χ2v) is 7.48. The lowest BCUT2D eigenvalue weighted by atomic mass is 10.2. The minimum absolute atomic E-state index is 0.118. The Morgan fingerprint density at radius 3 is 2.72 bits per heavy atom. The fourth-order valence-electron chi connectivity index (χ4n) is 3.68. The Morgan fingerprint density at radius 1 is 1.24 bits per heavy atom. The van der Waals surface area contributed by atoms with Gasteiger partial charge in [-0.1, -0.05) is 6.92 Å². The van der Waals surface area contributed by atoms with E-state index < -0.39 is 0 Å². The van der Waals surface area contributed by atoms with Crippen LogP contribution in [0.25, 0.3) is 11.0 Å². The first kappa shape index (κ1) is 19.2. The highest BCUT2D eigenvalue weighted by Crippen LogP contribution is 2.23. The number of nitrogens with zero attached hydrogens (tertiary/aromatic N) is 8. The normalized spacial score (nSPS) is 15.7. The molecule has 1 saturated heterocycles. The van der Waals surface area contributed by atoms with Crippen LogP contribution in [0.4, 0.5) is 16.4 Å². The van der Waals surface area contributed by atoms with E-state index in [1.807, 2.05) is 29.6 Å². The van der Waals surface area contributed by atoms with Crippen LogP contribution in [-0.4, -0.2) is 66.6 Å². The van der Waals surface area contributed by atoms with E-state index in [0.717, 1.165) is 29.0 Å². The Hall–Kier alpha value is -3.17. The van der Waals surface area contributed by atoms with Gasteiger partial charge < -0.3 is 9.80 Å². The quantitative estimate of drug-likeness (QED) is 0.725. The summed E-state index contributed by atoms with van der Waals surface area (Å²) in [7, 11) is 1.87. The van der Waals surface area contributed by atoms with Crippen LogP contribution in [-0.2, 0) is 7.05 Å². The van der Waals surface area contributed by atoms with E-state index in [4.69, 9.17) is 0 Å². The summed E-state index contributed by atoms with van der Waals surface area (Å²) in [6.07, 6.45) is 4.35. The molecular weight excluding hydrogens is 370 g/mol. The zero-order valence-corrected chi connectivity index (χ0v) is 17.3. The van der Waals surface area contributed by atoms with Crippen molar-refractivity contribution in [2.45, 2.75) is 33.2 Å². The summed E-state index contributed by atoms with van der Waals surface area (Å²) < 4.78 is 3.70. The lowest BCUT2D eigenvalue weighted by Crippen LogP contribution is -2.50. The highest BCUT2D eigenvalue weighted by Gasteiger charge is 2.24. The largest absolute Gasteiger partial charge is 0.352 e. The molecule has 29 heavy (non-hydrogen) atoms. The number of hydrogen-bond acceptors (Lipinski definition) is 6. The van der Waals surface area contributed by atoms with E-state index in [-0.39, 0.29) is 6.03 Å². The molecule has 1 unspecified atom stereocenters. The highest BCUT2D eigenvalue weighted by molar-refractivity contribution is 5.89. The number of carbonyl (C=O) groups excluding carboxylic acids is 1. The molecule has 10 nitrogen and oxygen atoms in total. The minimum Gasteiger partial charge on any atom is -0.352 e. The molecular formula is C19H27N9O. The number of aromatic nitrogens is 6. The zero-order valence-electron chi connectivity index (χ0n) is 17.3. The molecule has 0 saturated carbocycles. The van der Waals surface area contributed by atoms with E-state index >= 15 is 0 Å².